The number of nitriles is 1. The van der Waals surface area contributed by atoms with Crippen LogP contribution in [0.25, 0.3) is 0 Å². The van der Waals surface area contributed by atoms with Gasteiger partial charge < -0.3 is 10.2 Å². The molecule has 2 fully saturated rings. The number of nitro groups is 1. The fourth-order valence-electron chi connectivity index (χ4n) is 3.62. The van der Waals surface area contributed by atoms with Gasteiger partial charge in [-0.3, -0.25) is 10.1 Å². The minimum Gasteiger partial charge on any atom is -0.377 e. The molecule has 0 amide bonds. The summed E-state index contributed by atoms with van der Waals surface area (Å²) in [5.74, 6) is 0. The molecule has 2 atom stereocenters. The highest BCUT2D eigenvalue weighted by atomic mass is 16.6. The van der Waals surface area contributed by atoms with E-state index in [1.807, 2.05) is 6.07 Å². The van der Waals surface area contributed by atoms with Gasteiger partial charge in [0.25, 0.3) is 5.69 Å². The molecule has 1 N–H and O–H groups in total. The van der Waals surface area contributed by atoms with E-state index >= 15 is 0 Å². The van der Waals surface area contributed by atoms with Gasteiger partial charge in [-0.15, -0.1) is 0 Å². The van der Waals surface area contributed by atoms with Crippen LogP contribution in [0, 0.1) is 21.4 Å². The maximum Gasteiger partial charge on any atom is 0.293 e. The average Bonchev–Trinajstić information content (AvgIpc) is 2.70. The van der Waals surface area contributed by atoms with Gasteiger partial charge in [0, 0.05) is 24.2 Å². The zero-order valence-electron chi connectivity index (χ0n) is 12.0. The highest BCUT2D eigenvalue weighted by Gasteiger charge is 2.38. The predicted molar refractivity (Wildman–Crippen MR) is 79.0 cm³/mol. The summed E-state index contributed by atoms with van der Waals surface area (Å²) < 4.78 is 0. The molecule has 1 aromatic rings. The molecule has 3 rings (SSSR count). The number of nitrogens with one attached hydrogen (secondary N) is 1. The highest BCUT2D eigenvalue weighted by molar-refractivity contribution is 5.64. The Balaban J connectivity index is 1.79. The molecule has 21 heavy (non-hydrogen) atoms. The summed E-state index contributed by atoms with van der Waals surface area (Å²) in [5, 5.41) is 23.4. The van der Waals surface area contributed by atoms with E-state index in [0.717, 1.165) is 12.8 Å². The van der Waals surface area contributed by atoms with Crippen molar-refractivity contribution in [2.45, 2.75) is 43.8 Å². The molecule has 0 aromatic heterocycles. The second-order valence-corrected chi connectivity index (χ2v) is 5.96. The highest BCUT2D eigenvalue weighted by Crippen LogP contribution is 2.36. The Morgan fingerprint density at radius 2 is 2.05 bits per heavy atom. The number of rotatable bonds is 3. The van der Waals surface area contributed by atoms with Crippen molar-refractivity contribution in [2.75, 3.05) is 12.4 Å². The van der Waals surface area contributed by atoms with Gasteiger partial charge >= 0.3 is 0 Å². The van der Waals surface area contributed by atoms with E-state index in [-0.39, 0.29) is 11.7 Å². The molecule has 2 aliphatic heterocycles. The summed E-state index contributed by atoms with van der Waals surface area (Å²) in [6.45, 7) is 0. The zero-order chi connectivity index (χ0) is 15.0. The Kier molecular flexibility index (Phi) is 3.52. The fourth-order valence-corrected chi connectivity index (χ4v) is 3.62. The summed E-state index contributed by atoms with van der Waals surface area (Å²) in [6.07, 6.45) is 4.47. The van der Waals surface area contributed by atoms with Crippen LogP contribution in [0.2, 0.25) is 0 Å². The van der Waals surface area contributed by atoms with E-state index in [9.17, 15) is 10.1 Å². The minimum atomic E-state index is -0.424. The summed E-state index contributed by atoms with van der Waals surface area (Å²) in [7, 11) is 2.17. The first-order valence-electron chi connectivity index (χ1n) is 7.25. The van der Waals surface area contributed by atoms with E-state index < -0.39 is 4.92 Å². The molecule has 2 saturated heterocycles. The normalized spacial score (nSPS) is 28.1. The summed E-state index contributed by atoms with van der Waals surface area (Å²) in [4.78, 5) is 13.2. The van der Waals surface area contributed by atoms with Crippen LogP contribution in [-0.2, 0) is 0 Å². The molecule has 110 valence electrons. The molecule has 0 radical (unpaired) electrons. The van der Waals surface area contributed by atoms with E-state index in [1.165, 1.54) is 18.9 Å². The maximum atomic E-state index is 11.2. The second-order valence-electron chi connectivity index (χ2n) is 5.96. The number of piperidine rings is 1. The smallest absolute Gasteiger partial charge is 0.293 e. The number of anilines is 1. The topological polar surface area (TPSA) is 82.2 Å². The van der Waals surface area contributed by atoms with Crippen LogP contribution < -0.4 is 5.32 Å². The largest absolute Gasteiger partial charge is 0.377 e. The van der Waals surface area contributed by atoms with E-state index in [1.54, 1.807) is 12.1 Å². The molecule has 2 bridgehead atoms. The third-order valence-corrected chi connectivity index (χ3v) is 4.78. The van der Waals surface area contributed by atoms with Crippen LogP contribution >= 0.6 is 0 Å². The van der Waals surface area contributed by atoms with Gasteiger partial charge in [-0.2, -0.15) is 5.26 Å². The van der Waals surface area contributed by atoms with Gasteiger partial charge in [0.2, 0.25) is 0 Å². The predicted octanol–water partition coefficient (Wildman–Crippen LogP) is 2.50. The number of fused-ring (bicyclic) bond motifs is 2. The molecule has 0 spiro atoms. The number of nitro benzene ring substituents is 1. The fraction of sp³-hybridized carbons (Fsp3) is 0.533. The molecule has 6 heteroatoms. The van der Waals surface area contributed by atoms with Gasteiger partial charge in [-0.1, -0.05) is 0 Å². The lowest BCUT2D eigenvalue weighted by atomic mass is 9.97. The lowest BCUT2D eigenvalue weighted by Gasteiger charge is -2.36. The lowest BCUT2D eigenvalue weighted by molar-refractivity contribution is -0.384. The Labute approximate surface area is 123 Å². The van der Waals surface area contributed by atoms with Crippen LogP contribution in [0.15, 0.2) is 18.2 Å². The van der Waals surface area contributed by atoms with Crippen LogP contribution in [0.3, 0.4) is 0 Å². The first-order chi connectivity index (χ1) is 10.1. The van der Waals surface area contributed by atoms with E-state index in [2.05, 4.69) is 17.3 Å². The average molecular weight is 286 g/mol. The Bertz CT molecular complexity index is 596. The summed E-state index contributed by atoms with van der Waals surface area (Å²) >= 11 is 0. The standard InChI is InChI=1S/C15H18N4O2/c1-18-12-3-4-13(18)8-11(7-12)17-14-5-2-10(9-16)6-15(14)19(20)21/h2,5-6,11-13,17H,3-4,7-8H2,1H3. The van der Waals surface area contributed by atoms with Gasteiger partial charge in [-0.05, 0) is 44.9 Å². The van der Waals surface area contributed by atoms with Gasteiger partial charge in [-0.25, -0.2) is 0 Å². The number of hydrogen-bond donors (Lipinski definition) is 1. The van der Waals surface area contributed by atoms with Crippen molar-refractivity contribution < 1.29 is 4.92 Å². The first-order valence-corrected chi connectivity index (χ1v) is 7.25. The molecule has 2 heterocycles. The maximum absolute atomic E-state index is 11.2. The van der Waals surface area contributed by atoms with E-state index in [0.29, 0.717) is 23.3 Å². The van der Waals surface area contributed by atoms with Crippen LogP contribution in [-0.4, -0.2) is 35.0 Å². The van der Waals surface area contributed by atoms with Gasteiger partial charge in [0.15, 0.2) is 0 Å². The van der Waals surface area contributed by atoms with Crippen molar-refractivity contribution in [3.63, 3.8) is 0 Å². The molecule has 0 saturated carbocycles. The third-order valence-electron chi connectivity index (χ3n) is 4.78. The SMILES string of the molecule is CN1C2CCC1CC(Nc1ccc(C#N)cc1[N+](=O)[O-])C2. The van der Waals surface area contributed by atoms with Gasteiger partial charge in [0.1, 0.15) is 5.69 Å². The number of nitrogens with zero attached hydrogens (tertiary/aromatic N) is 3. The Morgan fingerprint density at radius 3 is 2.62 bits per heavy atom. The molecular formula is C15H18N4O2. The summed E-state index contributed by atoms with van der Waals surface area (Å²) in [5.41, 5.74) is 0.823. The summed E-state index contributed by atoms with van der Waals surface area (Å²) in [6, 6.07) is 7.99. The quantitative estimate of drug-likeness (QED) is 0.682. The van der Waals surface area contributed by atoms with Crippen LogP contribution in [0.4, 0.5) is 11.4 Å². The molecule has 2 aliphatic rings. The van der Waals surface area contributed by atoms with E-state index in [4.69, 9.17) is 5.26 Å². The van der Waals surface area contributed by atoms with Crippen molar-refractivity contribution in [3.05, 3.63) is 33.9 Å². The zero-order valence-corrected chi connectivity index (χ0v) is 12.0. The van der Waals surface area contributed by atoms with Crippen LogP contribution in [0.5, 0.6) is 0 Å². The molecule has 2 unspecified atom stereocenters. The molecular weight excluding hydrogens is 268 g/mol. The van der Waals surface area contributed by atoms with Gasteiger partial charge in [0.05, 0.1) is 16.6 Å². The van der Waals surface area contributed by atoms with Crippen molar-refractivity contribution in [1.82, 2.24) is 4.90 Å². The van der Waals surface area contributed by atoms with Crippen molar-refractivity contribution in [3.8, 4) is 6.07 Å². The lowest BCUT2D eigenvalue weighted by Crippen LogP contribution is -2.44. The number of benzene rings is 1. The molecule has 1 aromatic carbocycles. The Hall–Kier alpha value is -2.13. The third kappa shape index (κ3) is 2.57. The molecule has 6 nitrogen and oxygen atoms in total. The molecule has 0 aliphatic carbocycles. The minimum absolute atomic E-state index is 0.0136. The second kappa shape index (κ2) is 5.34. The van der Waals surface area contributed by atoms with Crippen molar-refractivity contribution >= 4 is 11.4 Å². The van der Waals surface area contributed by atoms with Crippen molar-refractivity contribution in [2.24, 2.45) is 0 Å². The number of hydrogen-bond acceptors (Lipinski definition) is 5. The monoisotopic (exact) mass is 286 g/mol. The Morgan fingerprint density at radius 1 is 1.38 bits per heavy atom. The van der Waals surface area contributed by atoms with Crippen molar-refractivity contribution in [1.29, 1.82) is 5.26 Å². The first kappa shape index (κ1) is 13.8. The van der Waals surface area contributed by atoms with Crippen LogP contribution in [0.1, 0.15) is 31.2 Å².